The highest BCUT2D eigenvalue weighted by Crippen LogP contribution is 2.30. The van der Waals surface area contributed by atoms with Crippen molar-refractivity contribution in [2.45, 2.75) is 6.92 Å². The summed E-state index contributed by atoms with van der Waals surface area (Å²) >= 11 is 0. The molecule has 0 radical (unpaired) electrons. The van der Waals surface area contributed by atoms with Gasteiger partial charge in [0.15, 0.2) is 0 Å². The van der Waals surface area contributed by atoms with Gasteiger partial charge in [0.25, 0.3) is 0 Å². The van der Waals surface area contributed by atoms with Crippen molar-refractivity contribution in [1.29, 1.82) is 0 Å². The summed E-state index contributed by atoms with van der Waals surface area (Å²) in [6.07, 6.45) is 0. The molecular formula is C21H16O3. The summed E-state index contributed by atoms with van der Waals surface area (Å²) in [7, 11) is 1.56. The zero-order chi connectivity index (χ0) is 16.7. The van der Waals surface area contributed by atoms with E-state index >= 15 is 0 Å². The maximum atomic E-state index is 13.0. The van der Waals surface area contributed by atoms with Crippen molar-refractivity contribution >= 4 is 21.9 Å². The standard InChI is InChI=1S/C21H16O3/c1-13-11-15(14-7-4-3-5-8-14)12-18-19(13)21(22)20-16(23-2)9-6-10-17(20)24-18/h3-12H,1-2H3. The lowest BCUT2D eigenvalue weighted by Gasteiger charge is -2.09. The number of ether oxygens (including phenoxy) is 1. The van der Waals surface area contributed by atoms with E-state index in [-0.39, 0.29) is 5.43 Å². The van der Waals surface area contributed by atoms with Gasteiger partial charge in [-0.25, -0.2) is 0 Å². The van der Waals surface area contributed by atoms with Crippen LogP contribution in [0.1, 0.15) is 5.56 Å². The second kappa shape index (κ2) is 5.53. The Bertz CT molecular complexity index is 1110. The monoisotopic (exact) mass is 316 g/mol. The third kappa shape index (κ3) is 2.17. The second-order valence-electron chi connectivity index (χ2n) is 5.80. The van der Waals surface area contributed by atoms with Crippen LogP contribution in [0, 0.1) is 6.92 Å². The molecule has 3 aromatic carbocycles. The van der Waals surface area contributed by atoms with Gasteiger partial charge >= 0.3 is 0 Å². The molecule has 0 fully saturated rings. The van der Waals surface area contributed by atoms with Gasteiger partial charge in [0.2, 0.25) is 5.43 Å². The summed E-state index contributed by atoms with van der Waals surface area (Å²) in [6.45, 7) is 1.94. The van der Waals surface area contributed by atoms with E-state index in [0.29, 0.717) is 27.7 Å². The normalized spacial score (nSPS) is 11.1. The number of aryl methyl sites for hydroxylation is 1. The highest BCUT2D eigenvalue weighted by Gasteiger charge is 2.15. The van der Waals surface area contributed by atoms with Crippen LogP contribution in [-0.2, 0) is 0 Å². The van der Waals surface area contributed by atoms with Gasteiger partial charge in [0.05, 0.1) is 12.5 Å². The van der Waals surface area contributed by atoms with Gasteiger partial charge in [0, 0.05) is 0 Å². The van der Waals surface area contributed by atoms with Crippen LogP contribution in [0.25, 0.3) is 33.1 Å². The van der Waals surface area contributed by atoms with Crippen LogP contribution in [0.3, 0.4) is 0 Å². The fourth-order valence-corrected chi connectivity index (χ4v) is 3.16. The molecule has 4 aromatic rings. The van der Waals surface area contributed by atoms with Crippen LogP contribution < -0.4 is 10.2 Å². The maximum absolute atomic E-state index is 13.0. The lowest BCUT2D eigenvalue weighted by molar-refractivity contribution is 0.419. The Morgan fingerprint density at radius 2 is 1.62 bits per heavy atom. The van der Waals surface area contributed by atoms with Crippen molar-refractivity contribution in [3.63, 3.8) is 0 Å². The number of hydrogen-bond donors (Lipinski definition) is 0. The minimum atomic E-state index is -0.0548. The Balaban J connectivity index is 2.10. The van der Waals surface area contributed by atoms with E-state index in [9.17, 15) is 4.79 Å². The molecule has 0 saturated heterocycles. The van der Waals surface area contributed by atoms with Gasteiger partial charge in [-0.2, -0.15) is 0 Å². The fourth-order valence-electron chi connectivity index (χ4n) is 3.16. The van der Waals surface area contributed by atoms with Crippen LogP contribution in [0.15, 0.2) is 69.9 Å². The first kappa shape index (κ1) is 14.5. The molecule has 4 rings (SSSR count). The maximum Gasteiger partial charge on any atom is 0.204 e. The number of methoxy groups -OCH3 is 1. The summed E-state index contributed by atoms with van der Waals surface area (Å²) in [5, 5.41) is 1.09. The molecule has 24 heavy (non-hydrogen) atoms. The van der Waals surface area contributed by atoms with E-state index in [1.165, 1.54) is 0 Å². The molecule has 0 bridgehead atoms. The molecule has 1 aromatic heterocycles. The van der Waals surface area contributed by atoms with Gasteiger partial charge in [-0.3, -0.25) is 4.79 Å². The predicted octanol–water partition coefficient (Wildman–Crippen LogP) is 4.93. The van der Waals surface area contributed by atoms with E-state index in [2.05, 4.69) is 0 Å². The van der Waals surface area contributed by atoms with Crippen molar-refractivity contribution in [2.24, 2.45) is 0 Å². The number of rotatable bonds is 2. The summed E-state index contributed by atoms with van der Waals surface area (Å²) < 4.78 is 11.4. The van der Waals surface area contributed by atoms with Crippen LogP contribution in [0.5, 0.6) is 5.75 Å². The molecule has 0 atom stereocenters. The quantitative estimate of drug-likeness (QED) is 0.492. The van der Waals surface area contributed by atoms with Crippen molar-refractivity contribution < 1.29 is 9.15 Å². The molecule has 0 unspecified atom stereocenters. The molecule has 0 spiro atoms. The van der Waals surface area contributed by atoms with Gasteiger partial charge in [-0.15, -0.1) is 0 Å². The molecular weight excluding hydrogens is 300 g/mol. The van der Waals surface area contributed by atoms with Gasteiger partial charge < -0.3 is 9.15 Å². The average molecular weight is 316 g/mol. The van der Waals surface area contributed by atoms with Crippen molar-refractivity contribution in [1.82, 2.24) is 0 Å². The fraction of sp³-hybridized carbons (Fsp3) is 0.0952. The molecule has 118 valence electrons. The first-order valence-electron chi connectivity index (χ1n) is 7.78. The SMILES string of the molecule is COc1cccc2oc3cc(-c4ccccc4)cc(C)c3c(=O)c12. The van der Waals surface area contributed by atoms with Crippen LogP contribution in [0.4, 0.5) is 0 Å². The summed E-state index contributed by atoms with van der Waals surface area (Å²) in [6, 6.07) is 19.4. The van der Waals surface area contributed by atoms with Crippen molar-refractivity contribution in [2.75, 3.05) is 7.11 Å². The molecule has 3 nitrogen and oxygen atoms in total. The van der Waals surface area contributed by atoms with Crippen molar-refractivity contribution in [3.05, 3.63) is 76.5 Å². The number of fused-ring (bicyclic) bond motifs is 2. The molecule has 0 saturated carbocycles. The Labute approximate surface area is 139 Å². The highest BCUT2D eigenvalue weighted by atomic mass is 16.5. The first-order chi connectivity index (χ1) is 11.7. The average Bonchev–Trinajstić information content (AvgIpc) is 2.61. The third-order valence-corrected chi connectivity index (χ3v) is 4.29. The zero-order valence-electron chi connectivity index (χ0n) is 13.5. The van der Waals surface area contributed by atoms with E-state index in [0.717, 1.165) is 16.7 Å². The van der Waals surface area contributed by atoms with Gasteiger partial charge in [0.1, 0.15) is 22.3 Å². The second-order valence-corrected chi connectivity index (χ2v) is 5.80. The Kier molecular flexibility index (Phi) is 3.35. The van der Waals surface area contributed by atoms with Gasteiger partial charge in [-0.05, 0) is 41.8 Å². The van der Waals surface area contributed by atoms with E-state index in [4.69, 9.17) is 9.15 Å². The molecule has 0 N–H and O–H groups in total. The predicted molar refractivity (Wildman–Crippen MR) is 96.7 cm³/mol. The molecule has 0 aliphatic rings. The Morgan fingerprint density at radius 1 is 0.833 bits per heavy atom. The minimum Gasteiger partial charge on any atom is -0.496 e. The molecule has 1 heterocycles. The van der Waals surface area contributed by atoms with E-state index in [1.807, 2.05) is 55.5 Å². The van der Waals surface area contributed by atoms with Crippen LogP contribution in [0.2, 0.25) is 0 Å². The third-order valence-electron chi connectivity index (χ3n) is 4.29. The summed E-state index contributed by atoms with van der Waals surface area (Å²) in [5.74, 6) is 0.537. The smallest absolute Gasteiger partial charge is 0.204 e. The topological polar surface area (TPSA) is 39.4 Å². The Hall–Kier alpha value is -3.07. The largest absolute Gasteiger partial charge is 0.496 e. The number of benzene rings is 3. The van der Waals surface area contributed by atoms with E-state index < -0.39 is 0 Å². The van der Waals surface area contributed by atoms with Crippen LogP contribution >= 0.6 is 0 Å². The number of hydrogen-bond acceptors (Lipinski definition) is 3. The molecule has 0 aliphatic carbocycles. The first-order valence-corrected chi connectivity index (χ1v) is 7.78. The molecule has 3 heteroatoms. The summed E-state index contributed by atoms with van der Waals surface area (Å²) in [4.78, 5) is 13.0. The van der Waals surface area contributed by atoms with E-state index in [1.54, 1.807) is 19.2 Å². The zero-order valence-corrected chi connectivity index (χ0v) is 13.5. The highest BCUT2D eigenvalue weighted by molar-refractivity contribution is 5.96. The summed E-state index contributed by atoms with van der Waals surface area (Å²) in [5.41, 5.74) is 4.10. The molecule has 0 amide bonds. The molecule has 0 aliphatic heterocycles. The lowest BCUT2D eigenvalue weighted by Crippen LogP contribution is -2.05. The minimum absolute atomic E-state index is 0.0548. The lowest BCUT2D eigenvalue weighted by atomic mass is 9.99. The Morgan fingerprint density at radius 3 is 2.38 bits per heavy atom. The van der Waals surface area contributed by atoms with Crippen molar-refractivity contribution in [3.8, 4) is 16.9 Å². The van der Waals surface area contributed by atoms with Crippen LogP contribution in [-0.4, -0.2) is 7.11 Å². The van der Waals surface area contributed by atoms with Gasteiger partial charge in [-0.1, -0.05) is 42.5 Å².